The molecule has 0 fully saturated rings. The van der Waals surface area contributed by atoms with Crippen molar-refractivity contribution in [3.05, 3.63) is 70.9 Å². The highest BCUT2D eigenvalue weighted by atomic mass is 19.2. The van der Waals surface area contributed by atoms with Gasteiger partial charge in [-0.1, -0.05) is 32.0 Å². The van der Waals surface area contributed by atoms with Crippen molar-refractivity contribution in [2.24, 2.45) is 0 Å². The van der Waals surface area contributed by atoms with Crippen LogP contribution in [0.3, 0.4) is 0 Å². The van der Waals surface area contributed by atoms with Gasteiger partial charge >= 0.3 is 5.97 Å². The summed E-state index contributed by atoms with van der Waals surface area (Å²) in [5.74, 6) is -2.82. The Morgan fingerprint density at radius 3 is 2.44 bits per heavy atom. The molecule has 2 aromatic carbocycles. The number of amides is 1. The average Bonchev–Trinajstić information content (AvgIpc) is 3.06. The molecule has 1 amide bonds. The lowest BCUT2D eigenvalue weighted by Gasteiger charge is -2.31. The molecule has 0 spiro atoms. The predicted octanol–water partition coefficient (Wildman–Crippen LogP) is 4.99. The Bertz CT molecular complexity index is 1150. The first-order valence-electron chi connectivity index (χ1n) is 10.5. The molecule has 0 saturated carbocycles. The molecule has 0 aliphatic heterocycles. The molecule has 0 atom stereocenters. The number of hydrogen-bond donors (Lipinski definition) is 1. The van der Waals surface area contributed by atoms with Gasteiger partial charge in [0.2, 0.25) is 0 Å². The highest BCUT2D eigenvalue weighted by molar-refractivity contribution is 5.94. The first-order chi connectivity index (χ1) is 15.0. The van der Waals surface area contributed by atoms with Crippen LogP contribution >= 0.6 is 0 Å². The van der Waals surface area contributed by atoms with Gasteiger partial charge in [-0.3, -0.25) is 9.59 Å². The van der Waals surface area contributed by atoms with E-state index in [-0.39, 0.29) is 24.1 Å². The van der Waals surface area contributed by atoms with Crippen LogP contribution in [-0.4, -0.2) is 41.5 Å². The van der Waals surface area contributed by atoms with Gasteiger partial charge < -0.3 is 14.6 Å². The molecular weight excluding hydrogens is 414 g/mol. The van der Waals surface area contributed by atoms with E-state index in [1.807, 2.05) is 38.1 Å². The number of nitrogens with zero attached hydrogens (tertiary/aromatic N) is 1. The maximum atomic E-state index is 13.6. The van der Waals surface area contributed by atoms with E-state index in [1.54, 1.807) is 20.9 Å². The van der Waals surface area contributed by atoms with Gasteiger partial charge in [-0.15, -0.1) is 0 Å². The molecule has 0 aliphatic carbocycles. The Morgan fingerprint density at radius 2 is 1.78 bits per heavy atom. The Morgan fingerprint density at radius 1 is 1.09 bits per heavy atom. The zero-order chi connectivity index (χ0) is 23.6. The number of aromatic nitrogens is 1. The first kappa shape index (κ1) is 23.4. The van der Waals surface area contributed by atoms with Gasteiger partial charge in [-0.25, -0.2) is 8.78 Å². The van der Waals surface area contributed by atoms with E-state index in [2.05, 4.69) is 4.98 Å². The molecule has 5 nitrogen and oxygen atoms in total. The summed E-state index contributed by atoms with van der Waals surface area (Å²) in [4.78, 5) is 30.0. The molecule has 1 aromatic heterocycles. The predicted molar refractivity (Wildman–Crippen MR) is 120 cm³/mol. The number of fused-ring (bicyclic) bond motifs is 1. The molecule has 7 heteroatoms. The molecule has 0 saturated heterocycles. The summed E-state index contributed by atoms with van der Waals surface area (Å²) >= 11 is 0. The van der Waals surface area contributed by atoms with Crippen molar-refractivity contribution < 1.29 is 23.1 Å². The highest BCUT2D eigenvalue weighted by Gasteiger charge is 2.31. The summed E-state index contributed by atoms with van der Waals surface area (Å²) in [5, 5.41) is 0.957. The zero-order valence-electron chi connectivity index (χ0n) is 19.0. The largest absolute Gasteiger partial charge is 0.463 e. The van der Waals surface area contributed by atoms with Crippen LogP contribution in [0.15, 0.2) is 42.5 Å². The monoisotopic (exact) mass is 442 g/mol. The van der Waals surface area contributed by atoms with Crippen molar-refractivity contribution >= 4 is 22.8 Å². The number of carbonyl (C=O) groups is 2. The fourth-order valence-electron chi connectivity index (χ4n) is 4.15. The van der Waals surface area contributed by atoms with Crippen LogP contribution in [0.1, 0.15) is 49.3 Å². The summed E-state index contributed by atoms with van der Waals surface area (Å²) in [5.41, 5.74) is 2.05. The van der Waals surface area contributed by atoms with Gasteiger partial charge in [0.05, 0.1) is 12.5 Å². The number of aromatic amines is 1. The topological polar surface area (TPSA) is 62.4 Å². The highest BCUT2D eigenvalue weighted by Crippen LogP contribution is 2.35. The van der Waals surface area contributed by atoms with Crippen LogP contribution in [0.2, 0.25) is 0 Å². The minimum Gasteiger partial charge on any atom is -0.463 e. The van der Waals surface area contributed by atoms with E-state index in [9.17, 15) is 18.4 Å². The molecule has 1 heterocycles. The van der Waals surface area contributed by atoms with Crippen molar-refractivity contribution in [3.63, 3.8) is 0 Å². The van der Waals surface area contributed by atoms with Crippen LogP contribution < -0.4 is 0 Å². The number of esters is 1. The van der Waals surface area contributed by atoms with Crippen molar-refractivity contribution in [3.8, 4) is 0 Å². The minimum atomic E-state index is -1.06. The minimum absolute atomic E-state index is 0.0712. The van der Waals surface area contributed by atoms with Gasteiger partial charge in [0.1, 0.15) is 0 Å². The van der Waals surface area contributed by atoms with Gasteiger partial charge in [0.15, 0.2) is 11.6 Å². The van der Waals surface area contributed by atoms with Crippen LogP contribution in [-0.2, 0) is 21.4 Å². The third kappa shape index (κ3) is 4.98. The molecule has 3 aromatic rings. The summed E-state index contributed by atoms with van der Waals surface area (Å²) in [7, 11) is 1.62. The number of benzene rings is 2. The van der Waals surface area contributed by atoms with Gasteiger partial charge in [0, 0.05) is 41.2 Å². The second-order valence-electron chi connectivity index (χ2n) is 8.91. The second-order valence-corrected chi connectivity index (χ2v) is 8.91. The number of halogens is 2. The molecule has 170 valence electrons. The Labute approximate surface area is 186 Å². The third-order valence-corrected chi connectivity index (χ3v) is 5.29. The normalized spacial score (nSPS) is 11.8. The molecule has 1 N–H and O–H groups in total. The van der Waals surface area contributed by atoms with Crippen LogP contribution in [0.25, 0.3) is 10.9 Å². The molecule has 0 bridgehead atoms. The van der Waals surface area contributed by atoms with Crippen LogP contribution in [0, 0.1) is 11.6 Å². The number of H-pyrrole nitrogens is 1. The lowest BCUT2D eigenvalue weighted by Crippen LogP contribution is -2.39. The zero-order valence-corrected chi connectivity index (χ0v) is 19.0. The molecule has 0 aliphatic rings. The van der Waals surface area contributed by atoms with E-state index in [0.717, 1.165) is 34.3 Å². The Hall–Kier alpha value is -3.22. The van der Waals surface area contributed by atoms with Crippen molar-refractivity contribution in [1.29, 1.82) is 0 Å². The number of likely N-dealkylation sites (N-methyl/N-ethyl adjacent to an activating group) is 1. The molecule has 0 unspecified atom stereocenters. The van der Waals surface area contributed by atoms with E-state index in [0.29, 0.717) is 6.54 Å². The summed E-state index contributed by atoms with van der Waals surface area (Å²) in [6.45, 7) is 7.85. The maximum absolute atomic E-state index is 13.6. The number of ether oxygens (including phenoxy) is 1. The Balaban J connectivity index is 1.93. The van der Waals surface area contributed by atoms with Gasteiger partial charge in [-0.05, 0) is 43.7 Å². The molecule has 0 radical (unpaired) electrons. The molecular formula is C25H28F2N2O3. The SMILES string of the molecule is CC(C)OC(=O)Cc1[nH]c2ccccc2c1C(C)(C)CN(C)C(=O)c1ccc(F)c(F)c1. The number of carbonyl (C=O) groups excluding carboxylic acids is 2. The van der Waals surface area contributed by atoms with Gasteiger partial charge in [-0.2, -0.15) is 0 Å². The fraction of sp³-hybridized carbons (Fsp3) is 0.360. The maximum Gasteiger partial charge on any atom is 0.312 e. The molecule has 32 heavy (non-hydrogen) atoms. The van der Waals surface area contributed by atoms with Crippen molar-refractivity contribution in [1.82, 2.24) is 9.88 Å². The summed E-state index contributed by atoms with van der Waals surface area (Å²) in [6.07, 6.45) is -0.143. The average molecular weight is 443 g/mol. The quantitative estimate of drug-likeness (QED) is 0.525. The van der Waals surface area contributed by atoms with Crippen molar-refractivity contribution in [2.75, 3.05) is 13.6 Å². The van der Waals surface area contributed by atoms with E-state index < -0.39 is 23.0 Å². The Kier molecular flexibility index (Phi) is 6.67. The molecule has 3 rings (SSSR count). The number of para-hydroxylation sites is 1. The van der Waals surface area contributed by atoms with Gasteiger partial charge in [0.25, 0.3) is 5.91 Å². The lowest BCUT2D eigenvalue weighted by atomic mass is 9.81. The number of hydrogen-bond acceptors (Lipinski definition) is 3. The van der Waals surface area contributed by atoms with Crippen molar-refractivity contribution in [2.45, 2.75) is 45.6 Å². The van der Waals surface area contributed by atoms with Crippen LogP contribution in [0.5, 0.6) is 0 Å². The van der Waals surface area contributed by atoms with E-state index in [4.69, 9.17) is 4.74 Å². The van der Waals surface area contributed by atoms with E-state index in [1.165, 1.54) is 11.0 Å². The smallest absolute Gasteiger partial charge is 0.312 e. The fourth-order valence-corrected chi connectivity index (χ4v) is 4.15. The second kappa shape index (κ2) is 9.10. The number of nitrogens with one attached hydrogen (secondary N) is 1. The third-order valence-electron chi connectivity index (χ3n) is 5.29. The van der Waals surface area contributed by atoms with Crippen LogP contribution in [0.4, 0.5) is 8.78 Å². The lowest BCUT2D eigenvalue weighted by molar-refractivity contribution is -0.146. The summed E-state index contributed by atoms with van der Waals surface area (Å²) in [6, 6.07) is 10.8. The first-order valence-corrected chi connectivity index (χ1v) is 10.5. The summed E-state index contributed by atoms with van der Waals surface area (Å²) < 4.78 is 32.2. The van der Waals surface area contributed by atoms with E-state index >= 15 is 0 Å². The number of rotatable bonds is 7. The standard InChI is InChI=1S/C25H28F2N2O3/c1-15(2)32-22(30)13-21-23(17-8-6-7-9-20(17)28-21)25(3,4)14-29(5)24(31)16-10-11-18(26)19(27)12-16/h6-12,15,28H,13-14H2,1-5H3.